The molecule has 0 aliphatic rings. The van der Waals surface area contributed by atoms with Crippen molar-refractivity contribution in [2.24, 2.45) is 0 Å². The Kier molecular flexibility index (Phi) is 10.4. The highest BCUT2D eigenvalue weighted by Gasteiger charge is 2.42. The summed E-state index contributed by atoms with van der Waals surface area (Å²) in [6.07, 6.45) is 1.42. The van der Waals surface area contributed by atoms with E-state index in [1.807, 2.05) is 55.5 Å². The largest absolute Gasteiger partial charge is 0.416 e. The van der Waals surface area contributed by atoms with Crippen molar-refractivity contribution >= 4 is 19.6 Å². The topological polar surface area (TPSA) is 26.3 Å². The van der Waals surface area contributed by atoms with Crippen molar-refractivity contribution in [3.8, 4) is 11.5 Å². The lowest BCUT2D eigenvalue weighted by atomic mass is 9.96. The number of allylic oxidation sites excluding steroid dienone is 2. The normalized spacial score (nSPS) is 13.4. The number of rotatable bonds is 9. The molecule has 2 aromatic carbocycles. The van der Waals surface area contributed by atoms with E-state index in [1.54, 1.807) is 0 Å². The maximum absolute atomic E-state index is 13.5. The molecule has 2 aromatic rings. The summed E-state index contributed by atoms with van der Waals surface area (Å²) in [7, 11) is -1.99. The highest BCUT2D eigenvalue weighted by Crippen LogP contribution is 2.41. The van der Waals surface area contributed by atoms with Gasteiger partial charge in [0.25, 0.3) is 0 Å². The van der Waals surface area contributed by atoms with Crippen molar-refractivity contribution < 1.29 is 9.53 Å². The van der Waals surface area contributed by atoms with Gasteiger partial charge in [-0.3, -0.25) is 4.79 Å². The van der Waals surface area contributed by atoms with Gasteiger partial charge in [0.2, 0.25) is 0 Å². The summed E-state index contributed by atoms with van der Waals surface area (Å²) < 4.78 is 6.19. The van der Waals surface area contributed by atoms with Gasteiger partial charge in [0.1, 0.15) is 8.07 Å². The predicted molar refractivity (Wildman–Crippen MR) is 148 cm³/mol. The monoisotopic (exact) mass is 474 g/mol. The van der Waals surface area contributed by atoms with Crippen LogP contribution in [0.15, 0.2) is 66.4 Å². The van der Waals surface area contributed by atoms with Crippen molar-refractivity contribution in [3.63, 3.8) is 0 Å². The first-order valence-electron chi connectivity index (χ1n) is 12.8. The SMILES string of the molecule is CC/C(=C(/C#C[Si](C(C)C)(C(C)C)C(C)C)OC(=O)C(CC)c1ccccc1)c1ccccc1. The summed E-state index contributed by atoms with van der Waals surface area (Å²) in [5, 5.41) is 0. The molecule has 0 bridgehead atoms. The fourth-order valence-electron chi connectivity index (χ4n) is 5.29. The second kappa shape index (κ2) is 12.8. The standard InChI is InChI=1S/C31H42O2Si/c1-9-28(26-17-13-11-14-18-26)30(21-22-34(23(3)4,24(5)6)25(7)8)33-31(32)29(10-2)27-19-15-12-16-20-27/h11-20,23-25,29H,9-10H2,1-8H3/b30-28+. The highest BCUT2D eigenvalue weighted by atomic mass is 28.3. The number of hydrogen-bond donors (Lipinski definition) is 0. The zero-order valence-electron chi connectivity index (χ0n) is 22.3. The van der Waals surface area contributed by atoms with Crippen LogP contribution < -0.4 is 0 Å². The van der Waals surface area contributed by atoms with Crippen LogP contribution in [0.25, 0.3) is 5.57 Å². The van der Waals surface area contributed by atoms with E-state index in [0.29, 0.717) is 28.8 Å². The molecule has 1 unspecified atom stereocenters. The molecule has 0 spiro atoms. The fraction of sp³-hybridized carbons (Fsp3) is 0.452. The minimum atomic E-state index is -1.99. The summed E-state index contributed by atoms with van der Waals surface area (Å²) in [4.78, 5) is 13.5. The van der Waals surface area contributed by atoms with Gasteiger partial charge in [-0.25, -0.2) is 0 Å². The summed E-state index contributed by atoms with van der Waals surface area (Å²) in [6.45, 7) is 17.9. The molecule has 1 atom stereocenters. The number of hydrogen-bond acceptors (Lipinski definition) is 2. The Hall–Kier alpha value is -2.57. The van der Waals surface area contributed by atoms with Crippen molar-refractivity contribution in [1.82, 2.24) is 0 Å². The van der Waals surface area contributed by atoms with Gasteiger partial charge in [-0.2, -0.15) is 0 Å². The highest BCUT2D eigenvalue weighted by molar-refractivity contribution is 6.90. The Balaban J connectivity index is 2.64. The number of ether oxygens (including phenoxy) is 1. The van der Waals surface area contributed by atoms with E-state index in [-0.39, 0.29) is 11.9 Å². The number of esters is 1. The van der Waals surface area contributed by atoms with Crippen LogP contribution in [0.2, 0.25) is 16.6 Å². The van der Waals surface area contributed by atoms with Crippen LogP contribution in [-0.4, -0.2) is 14.0 Å². The van der Waals surface area contributed by atoms with Gasteiger partial charge in [0, 0.05) is 5.57 Å². The van der Waals surface area contributed by atoms with Crippen molar-refractivity contribution in [2.75, 3.05) is 0 Å². The molecule has 0 amide bonds. The Labute approximate surface area is 208 Å². The number of carbonyl (C=O) groups is 1. The average molecular weight is 475 g/mol. The third-order valence-electron chi connectivity index (χ3n) is 7.11. The summed E-state index contributed by atoms with van der Waals surface area (Å²) in [6, 6.07) is 20.1. The minimum absolute atomic E-state index is 0.231. The second-order valence-electron chi connectivity index (χ2n) is 9.97. The predicted octanol–water partition coefficient (Wildman–Crippen LogP) is 8.77. The van der Waals surface area contributed by atoms with Gasteiger partial charge in [-0.1, -0.05) is 116 Å². The van der Waals surface area contributed by atoms with Crippen LogP contribution in [0.3, 0.4) is 0 Å². The third-order valence-corrected chi connectivity index (χ3v) is 13.4. The average Bonchev–Trinajstić information content (AvgIpc) is 2.81. The fourth-order valence-corrected chi connectivity index (χ4v) is 10.5. The molecule has 0 saturated carbocycles. The van der Waals surface area contributed by atoms with Crippen molar-refractivity contribution in [3.05, 3.63) is 77.5 Å². The van der Waals surface area contributed by atoms with E-state index in [4.69, 9.17) is 4.74 Å². The smallest absolute Gasteiger partial charge is 0.319 e. The zero-order chi connectivity index (χ0) is 25.3. The van der Waals surface area contributed by atoms with E-state index >= 15 is 0 Å². The van der Waals surface area contributed by atoms with Gasteiger partial charge in [0.05, 0.1) is 5.92 Å². The first-order chi connectivity index (χ1) is 16.2. The molecule has 0 radical (unpaired) electrons. The quantitative estimate of drug-likeness (QED) is 0.157. The molecule has 2 rings (SSSR count). The Morgan fingerprint density at radius 3 is 1.76 bits per heavy atom. The molecular formula is C31H42O2Si. The molecule has 0 fully saturated rings. The van der Waals surface area contributed by atoms with E-state index in [1.165, 1.54) is 0 Å². The Bertz CT molecular complexity index is 986. The molecule has 0 N–H and O–H groups in total. The van der Waals surface area contributed by atoms with Crippen LogP contribution in [0.5, 0.6) is 0 Å². The van der Waals surface area contributed by atoms with Gasteiger partial charge in [-0.15, -0.1) is 5.54 Å². The lowest BCUT2D eigenvalue weighted by molar-refractivity contribution is -0.140. The maximum atomic E-state index is 13.5. The Morgan fingerprint density at radius 2 is 1.32 bits per heavy atom. The van der Waals surface area contributed by atoms with Crippen LogP contribution in [0.4, 0.5) is 0 Å². The van der Waals surface area contributed by atoms with Gasteiger partial charge < -0.3 is 4.74 Å². The maximum Gasteiger partial charge on any atom is 0.319 e. The van der Waals surface area contributed by atoms with E-state index < -0.39 is 8.07 Å². The van der Waals surface area contributed by atoms with Gasteiger partial charge in [-0.05, 0) is 46.5 Å². The number of benzene rings is 2. The van der Waals surface area contributed by atoms with Gasteiger partial charge in [0.15, 0.2) is 5.76 Å². The first-order valence-corrected chi connectivity index (χ1v) is 15.0. The molecule has 3 heteroatoms. The molecular weight excluding hydrogens is 432 g/mol. The lowest BCUT2D eigenvalue weighted by Crippen LogP contribution is -2.43. The molecule has 0 aromatic heterocycles. The molecule has 182 valence electrons. The number of carbonyl (C=O) groups excluding carboxylic acids is 1. The molecule has 0 saturated heterocycles. The molecule has 0 aliphatic carbocycles. The van der Waals surface area contributed by atoms with E-state index in [9.17, 15) is 4.79 Å². The lowest BCUT2D eigenvalue weighted by Gasteiger charge is -2.38. The van der Waals surface area contributed by atoms with Crippen LogP contribution in [-0.2, 0) is 9.53 Å². The molecule has 0 heterocycles. The summed E-state index contributed by atoms with van der Waals surface area (Å²) >= 11 is 0. The van der Waals surface area contributed by atoms with E-state index in [0.717, 1.165) is 23.1 Å². The van der Waals surface area contributed by atoms with Crippen molar-refractivity contribution in [2.45, 2.75) is 90.8 Å². The molecule has 0 aliphatic heterocycles. The third kappa shape index (κ3) is 6.30. The van der Waals surface area contributed by atoms with Crippen molar-refractivity contribution in [1.29, 1.82) is 0 Å². The zero-order valence-corrected chi connectivity index (χ0v) is 23.3. The minimum Gasteiger partial charge on any atom is -0.416 e. The van der Waals surface area contributed by atoms with Crippen LogP contribution in [0, 0.1) is 11.5 Å². The molecule has 34 heavy (non-hydrogen) atoms. The Morgan fingerprint density at radius 1 is 0.824 bits per heavy atom. The van der Waals surface area contributed by atoms with Crippen LogP contribution in [0.1, 0.15) is 85.3 Å². The summed E-state index contributed by atoms with van der Waals surface area (Å²) in [5.74, 6) is 3.44. The second-order valence-corrected chi connectivity index (χ2v) is 15.5. The first kappa shape index (κ1) is 27.7. The van der Waals surface area contributed by atoms with Crippen LogP contribution >= 0.6 is 0 Å². The molecule has 2 nitrogen and oxygen atoms in total. The van der Waals surface area contributed by atoms with Gasteiger partial charge >= 0.3 is 5.97 Å². The van der Waals surface area contributed by atoms with E-state index in [2.05, 4.69) is 72.1 Å². The summed E-state index contributed by atoms with van der Waals surface area (Å²) in [5.41, 5.74) is 8.32.